The number of carbonyl (C=O) groups excluding carboxylic acids is 1. The highest BCUT2D eigenvalue weighted by Crippen LogP contribution is 2.37. The largest absolute Gasteiger partial charge is 0.480 e. The van der Waals surface area contributed by atoms with E-state index in [9.17, 15) is 14.7 Å². The van der Waals surface area contributed by atoms with Gasteiger partial charge in [0.05, 0.1) is 0 Å². The van der Waals surface area contributed by atoms with Crippen LogP contribution in [0.15, 0.2) is 0 Å². The van der Waals surface area contributed by atoms with Crippen molar-refractivity contribution in [1.29, 1.82) is 0 Å². The molecule has 5 heteroatoms. The Hall–Kier alpha value is -1.26. The molecule has 0 radical (unpaired) electrons. The average molecular weight is 268 g/mol. The van der Waals surface area contributed by atoms with E-state index >= 15 is 0 Å². The molecular formula is C14H24N2O3. The lowest BCUT2D eigenvalue weighted by molar-refractivity contribution is -0.147. The van der Waals surface area contributed by atoms with Crippen LogP contribution in [0.1, 0.15) is 46.0 Å². The summed E-state index contributed by atoms with van der Waals surface area (Å²) in [4.78, 5) is 27.1. The SMILES string of the molecule is CN(C(=O)N1CCC2CCCCC21)C(C)(C)C(=O)O. The summed E-state index contributed by atoms with van der Waals surface area (Å²) < 4.78 is 0. The Morgan fingerprint density at radius 2 is 1.84 bits per heavy atom. The van der Waals surface area contributed by atoms with E-state index in [0.717, 1.165) is 19.4 Å². The van der Waals surface area contributed by atoms with Gasteiger partial charge in [-0.3, -0.25) is 0 Å². The number of carbonyl (C=O) groups is 2. The van der Waals surface area contributed by atoms with Crippen LogP contribution in [0.5, 0.6) is 0 Å². The molecule has 1 saturated carbocycles. The van der Waals surface area contributed by atoms with Gasteiger partial charge in [0.15, 0.2) is 0 Å². The van der Waals surface area contributed by atoms with Crippen LogP contribution in [0.3, 0.4) is 0 Å². The molecule has 2 unspecified atom stereocenters. The van der Waals surface area contributed by atoms with E-state index in [2.05, 4.69) is 0 Å². The number of hydrogen-bond acceptors (Lipinski definition) is 2. The van der Waals surface area contributed by atoms with Gasteiger partial charge in [0, 0.05) is 19.6 Å². The third-order valence-corrected chi connectivity index (χ3v) is 4.90. The summed E-state index contributed by atoms with van der Waals surface area (Å²) >= 11 is 0. The topological polar surface area (TPSA) is 60.9 Å². The molecule has 0 spiro atoms. The molecule has 0 aromatic rings. The first-order valence-electron chi connectivity index (χ1n) is 7.13. The molecule has 1 aliphatic carbocycles. The van der Waals surface area contributed by atoms with E-state index < -0.39 is 11.5 Å². The lowest BCUT2D eigenvalue weighted by Crippen LogP contribution is -2.56. The number of hydrogen-bond donors (Lipinski definition) is 1. The van der Waals surface area contributed by atoms with Gasteiger partial charge in [0.1, 0.15) is 5.54 Å². The number of fused-ring (bicyclic) bond motifs is 1. The zero-order chi connectivity index (χ0) is 14.2. The molecule has 19 heavy (non-hydrogen) atoms. The second-order valence-electron chi connectivity index (χ2n) is 6.30. The number of amides is 2. The Labute approximate surface area is 114 Å². The minimum Gasteiger partial charge on any atom is -0.480 e. The highest BCUT2D eigenvalue weighted by atomic mass is 16.4. The van der Waals surface area contributed by atoms with Gasteiger partial charge in [0.2, 0.25) is 0 Å². The van der Waals surface area contributed by atoms with Crippen LogP contribution < -0.4 is 0 Å². The smallest absolute Gasteiger partial charge is 0.329 e. The molecule has 108 valence electrons. The van der Waals surface area contributed by atoms with Crippen LogP contribution in [0.2, 0.25) is 0 Å². The van der Waals surface area contributed by atoms with Crippen molar-refractivity contribution in [3.8, 4) is 0 Å². The standard InChI is InChI=1S/C14H24N2O3/c1-14(2,12(17)18)15(3)13(19)16-9-8-10-6-4-5-7-11(10)16/h10-11H,4-9H2,1-3H3,(H,17,18). The van der Waals surface area contributed by atoms with Crippen LogP contribution in [-0.4, -0.2) is 52.1 Å². The minimum absolute atomic E-state index is 0.137. The predicted molar refractivity (Wildman–Crippen MR) is 71.9 cm³/mol. The van der Waals surface area contributed by atoms with Crippen LogP contribution in [0, 0.1) is 5.92 Å². The van der Waals surface area contributed by atoms with Gasteiger partial charge in [-0.2, -0.15) is 0 Å². The second kappa shape index (κ2) is 5.02. The fourth-order valence-corrected chi connectivity index (χ4v) is 3.22. The van der Waals surface area contributed by atoms with Crippen LogP contribution in [0.25, 0.3) is 0 Å². The number of urea groups is 1. The fourth-order valence-electron chi connectivity index (χ4n) is 3.22. The van der Waals surface area contributed by atoms with Crippen molar-refractivity contribution in [2.24, 2.45) is 5.92 Å². The van der Waals surface area contributed by atoms with Gasteiger partial charge in [-0.1, -0.05) is 12.8 Å². The normalized spacial score (nSPS) is 27.0. The summed E-state index contributed by atoms with van der Waals surface area (Å²) in [5.41, 5.74) is -1.16. The highest BCUT2D eigenvalue weighted by molar-refractivity contribution is 5.85. The van der Waals surface area contributed by atoms with Gasteiger partial charge < -0.3 is 14.9 Å². The minimum atomic E-state index is -1.16. The van der Waals surface area contributed by atoms with Crippen molar-refractivity contribution in [2.75, 3.05) is 13.6 Å². The summed E-state index contributed by atoms with van der Waals surface area (Å²) in [6.45, 7) is 3.91. The first-order valence-corrected chi connectivity index (χ1v) is 7.13. The van der Waals surface area contributed by atoms with Crippen molar-refractivity contribution in [2.45, 2.75) is 57.5 Å². The van der Waals surface area contributed by atoms with Gasteiger partial charge in [-0.05, 0) is 39.0 Å². The number of carboxylic acids is 1. The Balaban J connectivity index is 2.09. The fraction of sp³-hybridized carbons (Fsp3) is 0.857. The first-order chi connectivity index (χ1) is 8.85. The Morgan fingerprint density at radius 3 is 2.47 bits per heavy atom. The van der Waals surface area contributed by atoms with Crippen molar-refractivity contribution >= 4 is 12.0 Å². The number of rotatable bonds is 2. The number of aliphatic carboxylic acids is 1. The van der Waals surface area contributed by atoms with E-state index in [0.29, 0.717) is 12.0 Å². The van der Waals surface area contributed by atoms with Gasteiger partial charge >= 0.3 is 12.0 Å². The maximum atomic E-state index is 12.5. The molecule has 1 N–H and O–H groups in total. The van der Waals surface area contributed by atoms with Crippen LogP contribution in [-0.2, 0) is 4.79 Å². The van der Waals surface area contributed by atoms with Crippen LogP contribution in [0.4, 0.5) is 4.79 Å². The first kappa shape index (κ1) is 14.2. The van der Waals surface area contributed by atoms with E-state index in [1.54, 1.807) is 20.9 Å². The van der Waals surface area contributed by atoms with Crippen molar-refractivity contribution in [1.82, 2.24) is 9.80 Å². The zero-order valence-electron chi connectivity index (χ0n) is 12.1. The van der Waals surface area contributed by atoms with E-state index in [-0.39, 0.29) is 6.03 Å². The third-order valence-electron chi connectivity index (χ3n) is 4.90. The molecule has 2 atom stereocenters. The van der Waals surface area contributed by atoms with Gasteiger partial charge in [-0.15, -0.1) is 0 Å². The molecule has 0 aromatic carbocycles. The molecule has 1 saturated heterocycles. The summed E-state index contributed by atoms with van der Waals surface area (Å²) in [7, 11) is 1.59. The monoisotopic (exact) mass is 268 g/mol. The summed E-state index contributed by atoms with van der Waals surface area (Å²) in [5.74, 6) is -0.346. The molecule has 1 aliphatic heterocycles. The second-order valence-corrected chi connectivity index (χ2v) is 6.30. The average Bonchev–Trinajstić information content (AvgIpc) is 2.80. The molecule has 5 nitrogen and oxygen atoms in total. The number of carboxylic acid groups (broad SMARTS) is 1. The Bertz CT molecular complexity index is 381. The van der Waals surface area contributed by atoms with Gasteiger partial charge in [0.25, 0.3) is 0 Å². The summed E-state index contributed by atoms with van der Waals surface area (Å²) in [6, 6.07) is 0.190. The number of nitrogens with zero attached hydrogens (tertiary/aromatic N) is 2. The predicted octanol–water partition coefficient (Wildman–Crippen LogP) is 2.17. The molecule has 2 fully saturated rings. The van der Waals surface area contributed by atoms with Crippen molar-refractivity contribution in [3.63, 3.8) is 0 Å². The Kier molecular flexibility index (Phi) is 3.74. The van der Waals surface area contributed by atoms with E-state index in [1.165, 1.54) is 24.2 Å². The molecular weight excluding hydrogens is 244 g/mol. The molecule has 1 heterocycles. The Morgan fingerprint density at radius 1 is 1.21 bits per heavy atom. The lowest BCUT2D eigenvalue weighted by atomic mass is 9.85. The molecule has 0 aromatic heterocycles. The summed E-state index contributed by atoms with van der Waals surface area (Å²) in [5, 5.41) is 9.22. The van der Waals surface area contributed by atoms with Crippen LogP contribution >= 0.6 is 0 Å². The van der Waals surface area contributed by atoms with Crippen molar-refractivity contribution < 1.29 is 14.7 Å². The quantitative estimate of drug-likeness (QED) is 0.835. The lowest BCUT2D eigenvalue weighted by Gasteiger charge is -2.38. The number of likely N-dealkylation sites (tertiary alicyclic amines) is 1. The maximum Gasteiger partial charge on any atom is 0.329 e. The maximum absolute atomic E-state index is 12.5. The van der Waals surface area contributed by atoms with E-state index in [4.69, 9.17) is 0 Å². The van der Waals surface area contributed by atoms with Crippen molar-refractivity contribution in [3.05, 3.63) is 0 Å². The van der Waals surface area contributed by atoms with Gasteiger partial charge in [-0.25, -0.2) is 9.59 Å². The van der Waals surface area contributed by atoms with E-state index in [1.807, 2.05) is 4.90 Å². The molecule has 0 bridgehead atoms. The zero-order valence-corrected chi connectivity index (χ0v) is 12.1. The summed E-state index contributed by atoms with van der Waals surface area (Å²) in [6.07, 6.45) is 5.78. The molecule has 2 rings (SSSR count). The third kappa shape index (κ3) is 2.42. The molecule has 2 aliphatic rings. The number of likely N-dealkylation sites (N-methyl/N-ethyl adjacent to an activating group) is 1. The molecule has 2 amide bonds. The highest BCUT2D eigenvalue weighted by Gasteiger charge is 2.43.